The van der Waals surface area contributed by atoms with Crippen molar-refractivity contribution in [2.75, 3.05) is 12.4 Å². The molecule has 5 nitrogen and oxygen atoms in total. The van der Waals surface area contributed by atoms with Crippen LogP contribution < -0.4 is 4.74 Å². The maximum absolute atomic E-state index is 11.0. The van der Waals surface area contributed by atoms with Crippen molar-refractivity contribution in [2.24, 2.45) is 0 Å². The lowest BCUT2D eigenvalue weighted by atomic mass is 10.0. The molecule has 34 heavy (non-hydrogen) atoms. The Morgan fingerprint density at radius 1 is 0.971 bits per heavy atom. The molecule has 0 bridgehead atoms. The van der Waals surface area contributed by atoms with E-state index in [1.807, 2.05) is 36.0 Å². The molecule has 0 spiro atoms. The van der Waals surface area contributed by atoms with E-state index in [2.05, 4.69) is 48.5 Å². The second-order valence-corrected chi connectivity index (χ2v) is 9.41. The Morgan fingerprint density at radius 3 is 2.21 bits per heavy atom. The first-order chi connectivity index (χ1) is 16.5. The molecular weight excluding hydrogens is 448 g/mol. The van der Waals surface area contributed by atoms with Crippen LogP contribution >= 0.6 is 11.8 Å². The van der Waals surface area contributed by atoms with Gasteiger partial charge in [0.1, 0.15) is 5.76 Å². The summed E-state index contributed by atoms with van der Waals surface area (Å²) in [4.78, 5) is 11.0. The summed E-state index contributed by atoms with van der Waals surface area (Å²) in [5, 5.41) is 20.1. The van der Waals surface area contributed by atoms with Crippen molar-refractivity contribution in [1.29, 1.82) is 0 Å². The first-order valence-electron chi connectivity index (χ1n) is 11.3. The SMILES string of the molecule is CC(O)Cc1oc2c(OCC(=O)O)cccc2c1CCSC(c1ccccc1)c1ccccc1. The minimum absolute atomic E-state index is 0.204. The van der Waals surface area contributed by atoms with E-state index in [0.29, 0.717) is 23.5 Å². The fourth-order valence-corrected chi connectivity index (χ4v) is 5.33. The summed E-state index contributed by atoms with van der Waals surface area (Å²) < 4.78 is 11.6. The average Bonchev–Trinajstić information content (AvgIpc) is 3.18. The second kappa shape index (κ2) is 11.3. The number of ether oxygens (including phenoxy) is 1. The zero-order chi connectivity index (χ0) is 23.9. The van der Waals surface area contributed by atoms with Gasteiger partial charge in [-0.05, 0) is 36.3 Å². The number of aliphatic hydroxyl groups excluding tert-OH is 1. The molecule has 2 N–H and O–H groups in total. The van der Waals surface area contributed by atoms with Crippen LogP contribution in [-0.4, -0.2) is 34.6 Å². The number of hydrogen-bond acceptors (Lipinski definition) is 5. The van der Waals surface area contributed by atoms with Crippen LogP contribution in [0.2, 0.25) is 0 Å². The van der Waals surface area contributed by atoms with Crippen LogP contribution in [0.4, 0.5) is 0 Å². The molecule has 0 saturated carbocycles. The Hall–Kier alpha value is -3.22. The van der Waals surface area contributed by atoms with Gasteiger partial charge in [-0.25, -0.2) is 4.79 Å². The third-order valence-electron chi connectivity index (χ3n) is 5.54. The maximum atomic E-state index is 11.0. The molecule has 0 saturated heterocycles. The lowest BCUT2D eigenvalue weighted by Crippen LogP contribution is -2.09. The molecule has 4 rings (SSSR count). The van der Waals surface area contributed by atoms with Crippen LogP contribution in [0.3, 0.4) is 0 Å². The van der Waals surface area contributed by atoms with Gasteiger partial charge in [0, 0.05) is 17.4 Å². The van der Waals surface area contributed by atoms with E-state index >= 15 is 0 Å². The van der Waals surface area contributed by atoms with E-state index in [-0.39, 0.29) is 5.25 Å². The van der Waals surface area contributed by atoms with Gasteiger partial charge in [0.2, 0.25) is 0 Å². The molecule has 0 aliphatic heterocycles. The third-order valence-corrected chi connectivity index (χ3v) is 6.86. The molecule has 176 valence electrons. The normalized spacial score (nSPS) is 12.2. The van der Waals surface area contributed by atoms with E-state index in [0.717, 1.165) is 23.1 Å². The number of rotatable bonds is 11. The van der Waals surface area contributed by atoms with Crippen molar-refractivity contribution in [2.45, 2.75) is 31.1 Å². The lowest BCUT2D eigenvalue weighted by Gasteiger charge is -2.18. The summed E-state index contributed by atoms with van der Waals surface area (Å²) in [5.41, 5.74) is 4.07. The number of fused-ring (bicyclic) bond motifs is 1. The smallest absolute Gasteiger partial charge is 0.341 e. The Balaban J connectivity index is 1.60. The summed E-state index contributed by atoms with van der Waals surface area (Å²) in [6.45, 7) is 1.29. The second-order valence-electron chi connectivity index (χ2n) is 8.19. The third kappa shape index (κ3) is 5.82. The molecular formula is C28H28O5S. The van der Waals surface area contributed by atoms with Gasteiger partial charge in [0.15, 0.2) is 17.9 Å². The molecule has 0 amide bonds. The predicted octanol–water partition coefficient (Wildman–Crippen LogP) is 5.88. The van der Waals surface area contributed by atoms with Gasteiger partial charge in [-0.3, -0.25) is 0 Å². The van der Waals surface area contributed by atoms with Crippen LogP contribution in [0.25, 0.3) is 11.0 Å². The van der Waals surface area contributed by atoms with Gasteiger partial charge in [0.25, 0.3) is 0 Å². The van der Waals surface area contributed by atoms with Crippen LogP contribution in [-0.2, 0) is 17.6 Å². The van der Waals surface area contributed by atoms with Crippen molar-refractivity contribution < 1.29 is 24.2 Å². The summed E-state index contributed by atoms with van der Waals surface area (Å²) in [5.74, 6) is 0.915. The lowest BCUT2D eigenvalue weighted by molar-refractivity contribution is -0.139. The van der Waals surface area contributed by atoms with E-state index in [4.69, 9.17) is 14.3 Å². The molecule has 6 heteroatoms. The number of carbonyl (C=O) groups is 1. The number of carboxylic acids is 1. The summed E-state index contributed by atoms with van der Waals surface area (Å²) in [6.07, 6.45) is 0.572. The Bertz CT molecular complexity index is 1180. The number of thioether (sulfide) groups is 1. The number of carboxylic acid groups (broad SMARTS) is 1. The molecule has 3 aromatic carbocycles. The van der Waals surface area contributed by atoms with E-state index in [1.165, 1.54) is 11.1 Å². The molecule has 4 aromatic rings. The maximum Gasteiger partial charge on any atom is 0.341 e. The minimum atomic E-state index is -1.04. The number of para-hydroxylation sites is 1. The van der Waals surface area contributed by atoms with Gasteiger partial charge < -0.3 is 19.4 Å². The van der Waals surface area contributed by atoms with Crippen molar-refractivity contribution in [3.05, 3.63) is 101 Å². The summed E-state index contributed by atoms with van der Waals surface area (Å²) in [7, 11) is 0. The molecule has 0 aliphatic rings. The zero-order valence-electron chi connectivity index (χ0n) is 19.0. The first-order valence-corrected chi connectivity index (χ1v) is 12.3. The molecule has 0 radical (unpaired) electrons. The highest BCUT2D eigenvalue weighted by molar-refractivity contribution is 7.99. The monoisotopic (exact) mass is 476 g/mol. The largest absolute Gasteiger partial charge is 0.479 e. The number of furan rings is 1. The number of aliphatic carboxylic acids is 1. The van der Waals surface area contributed by atoms with Crippen molar-refractivity contribution in [1.82, 2.24) is 0 Å². The summed E-state index contributed by atoms with van der Waals surface area (Å²) >= 11 is 1.87. The molecule has 1 aromatic heterocycles. The molecule has 1 heterocycles. The van der Waals surface area contributed by atoms with Crippen molar-refractivity contribution in [3.8, 4) is 5.75 Å². The zero-order valence-corrected chi connectivity index (χ0v) is 19.8. The number of hydrogen-bond donors (Lipinski definition) is 2. The summed E-state index contributed by atoms with van der Waals surface area (Å²) in [6, 6.07) is 26.4. The number of aryl methyl sites for hydroxylation is 1. The fraction of sp³-hybridized carbons (Fsp3) is 0.250. The Kier molecular flexibility index (Phi) is 7.93. The van der Waals surface area contributed by atoms with Gasteiger partial charge in [0.05, 0.1) is 11.4 Å². The Morgan fingerprint density at radius 2 is 1.62 bits per heavy atom. The molecule has 0 aliphatic carbocycles. The molecule has 1 unspecified atom stereocenters. The molecule has 1 atom stereocenters. The Labute approximate surface area is 203 Å². The standard InChI is InChI=1S/C28H28O5S/c1-19(29)17-25-22(23-13-8-14-24(27(23)33-25)32-18-26(30)31)15-16-34-28(20-9-4-2-5-10-20)21-11-6-3-7-12-21/h2-14,19,28-29H,15-18H2,1H3,(H,30,31). The minimum Gasteiger partial charge on any atom is -0.479 e. The van der Waals surface area contributed by atoms with Gasteiger partial charge >= 0.3 is 5.97 Å². The highest BCUT2D eigenvalue weighted by Gasteiger charge is 2.20. The molecule has 0 fully saturated rings. The highest BCUT2D eigenvalue weighted by atomic mass is 32.2. The van der Waals surface area contributed by atoms with E-state index < -0.39 is 18.7 Å². The fourth-order valence-electron chi connectivity index (χ4n) is 4.07. The number of aliphatic hydroxyl groups is 1. The van der Waals surface area contributed by atoms with Crippen LogP contribution in [0.1, 0.15) is 34.6 Å². The van der Waals surface area contributed by atoms with E-state index in [9.17, 15) is 9.90 Å². The van der Waals surface area contributed by atoms with Crippen molar-refractivity contribution >= 4 is 28.7 Å². The van der Waals surface area contributed by atoms with Crippen LogP contribution in [0, 0.1) is 0 Å². The van der Waals surface area contributed by atoms with Crippen molar-refractivity contribution in [3.63, 3.8) is 0 Å². The van der Waals surface area contributed by atoms with Gasteiger partial charge in [-0.1, -0.05) is 72.8 Å². The van der Waals surface area contributed by atoms with E-state index in [1.54, 1.807) is 13.0 Å². The quantitative estimate of drug-likeness (QED) is 0.281. The number of benzene rings is 3. The van der Waals surface area contributed by atoms with Crippen LogP contribution in [0.15, 0.2) is 83.3 Å². The predicted molar refractivity (Wildman–Crippen MR) is 136 cm³/mol. The van der Waals surface area contributed by atoms with Crippen LogP contribution in [0.5, 0.6) is 5.75 Å². The topological polar surface area (TPSA) is 79.9 Å². The average molecular weight is 477 g/mol. The van der Waals surface area contributed by atoms with Gasteiger partial charge in [-0.2, -0.15) is 0 Å². The van der Waals surface area contributed by atoms with Gasteiger partial charge in [-0.15, -0.1) is 11.8 Å². The first kappa shape index (κ1) is 23.9. The highest BCUT2D eigenvalue weighted by Crippen LogP contribution is 2.38.